The van der Waals surface area contributed by atoms with Crippen LogP contribution in [0.1, 0.15) is 18.4 Å². The van der Waals surface area contributed by atoms with Crippen molar-refractivity contribution >= 4 is 46.4 Å². The van der Waals surface area contributed by atoms with Crippen LogP contribution < -0.4 is 10.6 Å². The highest BCUT2D eigenvalue weighted by molar-refractivity contribution is 6.35. The predicted octanol–water partition coefficient (Wildman–Crippen LogP) is 3.91. The van der Waals surface area contributed by atoms with Gasteiger partial charge in [0.1, 0.15) is 0 Å². The molecule has 0 aliphatic carbocycles. The van der Waals surface area contributed by atoms with Crippen LogP contribution in [-0.2, 0) is 9.59 Å². The van der Waals surface area contributed by atoms with Gasteiger partial charge < -0.3 is 10.6 Å². The molecule has 0 spiro atoms. The lowest BCUT2D eigenvalue weighted by Crippen LogP contribution is -2.43. The summed E-state index contributed by atoms with van der Waals surface area (Å²) in [6, 6.07) is 13.1. The smallest absolute Gasteiger partial charge is 0.241 e. The van der Waals surface area contributed by atoms with Crippen molar-refractivity contribution in [3.8, 4) is 6.07 Å². The van der Waals surface area contributed by atoms with E-state index in [-0.39, 0.29) is 18.4 Å². The fourth-order valence-corrected chi connectivity index (χ4v) is 3.47. The van der Waals surface area contributed by atoms with Crippen LogP contribution in [0.2, 0.25) is 10.0 Å². The molecule has 0 aromatic heterocycles. The zero-order valence-electron chi connectivity index (χ0n) is 14.9. The van der Waals surface area contributed by atoms with Gasteiger partial charge in [0.15, 0.2) is 0 Å². The third-order valence-corrected chi connectivity index (χ3v) is 5.06. The Kier molecular flexibility index (Phi) is 6.53. The number of nitrogens with one attached hydrogen (secondary N) is 2. The molecule has 2 aromatic rings. The third kappa shape index (κ3) is 5.02. The van der Waals surface area contributed by atoms with Crippen LogP contribution in [0, 0.1) is 11.3 Å². The van der Waals surface area contributed by atoms with E-state index in [0.29, 0.717) is 39.9 Å². The summed E-state index contributed by atoms with van der Waals surface area (Å²) < 4.78 is 0. The first-order chi connectivity index (χ1) is 13.5. The number of rotatable bonds is 5. The van der Waals surface area contributed by atoms with E-state index in [1.54, 1.807) is 42.5 Å². The molecule has 28 heavy (non-hydrogen) atoms. The first kappa shape index (κ1) is 20.2. The Morgan fingerprint density at radius 2 is 1.89 bits per heavy atom. The molecule has 0 saturated carbocycles. The first-order valence-electron chi connectivity index (χ1n) is 8.76. The van der Waals surface area contributed by atoms with Crippen molar-refractivity contribution in [2.45, 2.75) is 18.9 Å². The molecule has 1 heterocycles. The van der Waals surface area contributed by atoms with Crippen LogP contribution in [0.25, 0.3) is 0 Å². The summed E-state index contributed by atoms with van der Waals surface area (Å²) >= 11 is 12.1. The number of hydrogen-bond acceptors (Lipinski definition) is 4. The summed E-state index contributed by atoms with van der Waals surface area (Å²) in [5.74, 6) is -0.432. The highest BCUT2D eigenvalue weighted by atomic mass is 35.5. The SMILES string of the molecule is N#Cc1ccc(NC(=O)CN2CCC[C@@H]2C(=O)Nc2cc(Cl)ccc2Cl)cc1. The van der Waals surface area contributed by atoms with Crippen LogP contribution in [0.15, 0.2) is 42.5 Å². The van der Waals surface area contributed by atoms with Gasteiger partial charge >= 0.3 is 0 Å². The summed E-state index contributed by atoms with van der Waals surface area (Å²) in [5.41, 5.74) is 1.58. The van der Waals surface area contributed by atoms with Crippen molar-refractivity contribution in [1.82, 2.24) is 4.90 Å². The Labute approximate surface area is 173 Å². The van der Waals surface area contributed by atoms with Gasteiger partial charge in [-0.25, -0.2) is 0 Å². The monoisotopic (exact) mass is 416 g/mol. The maximum atomic E-state index is 12.7. The number of likely N-dealkylation sites (tertiary alicyclic amines) is 1. The molecule has 2 N–H and O–H groups in total. The van der Waals surface area contributed by atoms with Crippen LogP contribution in [0.5, 0.6) is 0 Å². The van der Waals surface area contributed by atoms with Crippen molar-refractivity contribution < 1.29 is 9.59 Å². The lowest BCUT2D eigenvalue weighted by molar-refractivity contribution is -0.122. The number of carbonyl (C=O) groups is 2. The molecule has 3 rings (SSSR count). The number of nitrogens with zero attached hydrogens (tertiary/aromatic N) is 2. The fraction of sp³-hybridized carbons (Fsp3) is 0.250. The number of hydrogen-bond donors (Lipinski definition) is 2. The van der Waals surface area contributed by atoms with Gasteiger partial charge in [0.2, 0.25) is 11.8 Å². The zero-order chi connectivity index (χ0) is 20.1. The van der Waals surface area contributed by atoms with E-state index in [4.69, 9.17) is 28.5 Å². The van der Waals surface area contributed by atoms with E-state index < -0.39 is 6.04 Å². The maximum absolute atomic E-state index is 12.7. The van der Waals surface area contributed by atoms with E-state index in [1.165, 1.54) is 0 Å². The molecular formula is C20H18Cl2N4O2. The Bertz CT molecular complexity index is 925. The molecule has 144 valence electrons. The number of nitriles is 1. The number of halogens is 2. The molecule has 0 unspecified atom stereocenters. The molecule has 1 saturated heterocycles. The van der Waals surface area contributed by atoms with Gasteiger partial charge in [0, 0.05) is 10.7 Å². The Hall–Kier alpha value is -2.59. The first-order valence-corrected chi connectivity index (χ1v) is 9.52. The van der Waals surface area contributed by atoms with Gasteiger partial charge in [0.25, 0.3) is 0 Å². The summed E-state index contributed by atoms with van der Waals surface area (Å²) in [7, 11) is 0. The van der Waals surface area contributed by atoms with Gasteiger partial charge in [-0.05, 0) is 61.9 Å². The molecule has 2 amide bonds. The zero-order valence-corrected chi connectivity index (χ0v) is 16.4. The molecule has 1 fully saturated rings. The summed E-state index contributed by atoms with van der Waals surface area (Å²) in [6.45, 7) is 0.753. The van der Waals surface area contributed by atoms with Gasteiger partial charge in [-0.2, -0.15) is 5.26 Å². The van der Waals surface area contributed by atoms with Crippen LogP contribution in [0.3, 0.4) is 0 Å². The Morgan fingerprint density at radius 1 is 1.14 bits per heavy atom. The quantitative estimate of drug-likeness (QED) is 0.773. The van der Waals surface area contributed by atoms with Crippen molar-refractivity contribution in [2.75, 3.05) is 23.7 Å². The average Bonchev–Trinajstić information content (AvgIpc) is 3.13. The molecule has 1 atom stereocenters. The van der Waals surface area contributed by atoms with Crippen molar-refractivity contribution in [3.05, 3.63) is 58.1 Å². The van der Waals surface area contributed by atoms with Crippen LogP contribution in [-0.4, -0.2) is 35.8 Å². The summed E-state index contributed by atoms with van der Waals surface area (Å²) in [4.78, 5) is 26.9. The van der Waals surface area contributed by atoms with E-state index in [2.05, 4.69) is 10.6 Å². The number of benzene rings is 2. The molecule has 1 aliphatic rings. The van der Waals surface area contributed by atoms with E-state index >= 15 is 0 Å². The Morgan fingerprint density at radius 3 is 2.61 bits per heavy atom. The topological polar surface area (TPSA) is 85.2 Å². The number of anilines is 2. The molecular weight excluding hydrogens is 399 g/mol. The van der Waals surface area contributed by atoms with E-state index in [0.717, 1.165) is 6.42 Å². The Balaban J connectivity index is 1.60. The van der Waals surface area contributed by atoms with E-state index in [1.807, 2.05) is 11.0 Å². The highest BCUT2D eigenvalue weighted by Gasteiger charge is 2.32. The second-order valence-corrected chi connectivity index (χ2v) is 7.32. The van der Waals surface area contributed by atoms with Gasteiger partial charge in [-0.3, -0.25) is 14.5 Å². The highest BCUT2D eigenvalue weighted by Crippen LogP contribution is 2.27. The lowest BCUT2D eigenvalue weighted by atomic mass is 10.2. The molecule has 6 nitrogen and oxygen atoms in total. The normalized spacial score (nSPS) is 16.4. The molecule has 2 aromatic carbocycles. The lowest BCUT2D eigenvalue weighted by Gasteiger charge is -2.23. The molecule has 0 bridgehead atoms. The number of amides is 2. The van der Waals surface area contributed by atoms with Crippen LogP contribution in [0.4, 0.5) is 11.4 Å². The second-order valence-electron chi connectivity index (χ2n) is 6.48. The van der Waals surface area contributed by atoms with Gasteiger partial charge in [0.05, 0.1) is 34.9 Å². The van der Waals surface area contributed by atoms with Crippen LogP contribution >= 0.6 is 23.2 Å². The minimum absolute atomic E-state index is 0.0986. The molecule has 0 radical (unpaired) electrons. The third-order valence-electron chi connectivity index (χ3n) is 4.50. The largest absolute Gasteiger partial charge is 0.325 e. The minimum atomic E-state index is -0.415. The number of carbonyl (C=O) groups excluding carboxylic acids is 2. The second kappa shape index (κ2) is 9.07. The molecule has 1 aliphatic heterocycles. The van der Waals surface area contributed by atoms with Crippen molar-refractivity contribution in [3.63, 3.8) is 0 Å². The maximum Gasteiger partial charge on any atom is 0.241 e. The summed E-state index contributed by atoms with van der Waals surface area (Å²) in [5, 5.41) is 15.3. The van der Waals surface area contributed by atoms with E-state index in [9.17, 15) is 9.59 Å². The fourth-order valence-electron chi connectivity index (χ4n) is 3.13. The van der Waals surface area contributed by atoms with Crippen molar-refractivity contribution in [1.29, 1.82) is 5.26 Å². The summed E-state index contributed by atoms with van der Waals surface area (Å²) in [6.07, 6.45) is 1.49. The van der Waals surface area contributed by atoms with Gasteiger partial charge in [-0.15, -0.1) is 0 Å². The average molecular weight is 417 g/mol. The predicted molar refractivity (Wildman–Crippen MR) is 109 cm³/mol. The van der Waals surface area contributed by atoms with Crippen molar-refractivity contribution in [2.24, 2.45) is 0 Å². The standard InChI is InChI=1S/C20H18Cl2N4O2/c21-14-5-8-16(22)17(10-14)25-20(28)18-2-1-9-26(18)12-19(27)24-15-6-3-13(11-23)4-7-15/h3-8,10,18H,1-2,9,12H2,(H,24,27)(H,25,28)/t18-/m1/s1. The minimum Gasteiger partial charge on any atom is -0.325 e. The van der Waals surface area contributed by atoms with Gasteiger partial charge in [-0.1, -0.05) is 23.2 Å². The molecule has 8 heteroatoms.